The maximum Gasteiger partial charge on any atom is 0.256 e. The number of para-hydroxylation sites is 1. The Labute approximate surface area is 201 Å². The second kappa shape index (κ2) is 9.26. The Bertz CT molecular complexity index is 1220. The number of anilines is 1. The SMILES string of the molecule is COc1ccc(C2Nc3c(C(=O)N(C)Cc4ccccc4)cccc3C3C=CCC32)cc1OC. The van der Waals surface area contributed by atoms with Crippen LogP contribution < -0.4 is 14.8 Å². The van der Waals surface area contributed by atoms with Crippen LogP contribution in [0.1, 0.15) is 45.4 Å². The monoisotopic (exact) mass is 454 g/mol. The third-order valence-electron chi connectivity index (χ3n) is 7.00. The number of fused-ring (bicyclic) bond motifs is 3. The van der Waals surface area contributed by atoms with Gasteiger partial charge in [0.25, 0.3) is 5.91 Å². The predicted molar refractivity (Wildman–Crippen MR) is 135 cm³/mol. The van der Waals surface area contributed by atoms with Gasteiger partial charge < -0.3 is 19.7 Å². The highest BCUT2D eigenvalue weighted by Gasteiger charge is 2.39. The van der Waals surface area contributed by atoms with Crippen molar-refractivity contribution in [2.45, 2.75) is 24.9 Å². The smallest absolute Gasteiger partial charge is 0.256 e. The van der Waals surface area contributed by atoms with E-state index in [9.17, 15) is 4.79 Å². The van der Waals surface area contributed by atoms with Crippen LogP contribution in [0.5, 0.6) is 11.5 Å². The van der Waals surface area contributed by atoms with E-state index in [0.29, 0.717) is 29.5 Å². The first-order valence-corrected chi connectivity index (χ1v) is 11.7. The lowest BCUT2D eigenvalue weighted by Gasteiger charge is -2.38. The molecule has 5 heteroatoms. The molecule has 5 nitrogen and oxygen atoms in total. The van der Waals surface area contributed by atoms with Gasteiger partial charge in [0.2, 0.25) is 0 Å². The molecule has 0 radical (unpaired) electrons. The zero-order chi connectivity index (χ0) is 23.7. The van der Waals surface area contributed by atoms with Gasteiger partial charge in [-0.1, -0.05) is 60.7 Å². The molecule has 3 unspecified atom stereocenters. The van der Waals surface area contributed by atoms with Gasteiger partial charge in [-0.05, 0) is 47.2 Å². The normalized spacial score (nSPS) is 20.1. The van der Waals surface area contributed by atoms with Gasteiger partial charge in [-0.25, -0.2) is 0 Å². The first-order chi connectivity index (χ1) is 16.6. The number of rotatable bonds is 6. The van der Waals surface area contributed by atoms with Gasteiger partial charge in [0.1, 0.15) is 0 Å². The van der Waals surface area contributed by atoms with E-state index in [4.69, 9.17) is 9.47 Å². The van der Waals surface area contributed by atoms with E-state index in [-0.39, 0.29) is 17.9 Å². The summed E-state index contributed by atoms with van der Waals surface area (Å²) in [7, 11) is 5.17. The van der Waals surface area contributed by atoms with E-state index in [2.05, 4.69) is 29.6 Å². The number of hydrogen-bond acceptors (Lipinski definition) is 4. The van der Waals surface area contributed by atoms with Crippen LogP contribution in [0, 0.1) is 5.92 Å². The molecule has 0 saturated carbocycles. The Morgan fingerprint density at radius 1 is 1.00 bits per heavy atom. The summed E-state index contributed by atoms with van der Waals surface area (Å²) in [6.45, 7) is 0.564. The summed E-state index contributed by atoms with van der Waals surface area (Å²) in [5, 5.41) is 3.76. The maximum absolute atomic E-state index is 13.6. The van der Waals surface area contributed by atoms with Gasteiger partial charge in [0, 0.05) is 19.5 Å². The Hall–Kier alpha value is -3.73. The van der Waals surface area contributed by atoms with Crippen molar-refractivity contribution < 1.29 is 14.3 Å². The quantitative estimate of drug-likeness (QED) is 0.478. The second-order valence-corrected chi connectivity index (χ2v) is 9.01. The zero-order valence-corrected chi connectivity index (χ0v) is 19.8. The van der Waals surface area contributed by atoms with Gasteiger partial charge >= 0.3 is 0 Å². The van der Waals surface area contributed by atoms with Crippen LogP contribution in [0.2, 0.25) is 0 Å². The second-order valence-electron chi connectivity index (χ2n) is 9.01. The number of benzene rings is 3. The number of methoxy groups -OCH3 is 2. The Kier molecular flexibility index (Phi) is 6.01. The van der Waals surface area contributed by atoms with Crippen molar-refractivity contribution in [2.24, 2.45) is 5.92 Å². The summed E-state index contributed by atoms with van der Waals surface area (Å²) >= 11 is 0. The summed E-state index contributed by atoms with van der Waals surface area (Å²) in [6.07, 6.45) is 5.54. The highest BCUT2D eigenvalue weighted by molar-refractivity contribution is 6.00. The molecule has 2 aliphatic rings. The molecule has 1 aliphatic heterocycles. The summed E-state index contributed by atoms with van der Waals surface area (Å²) in [6, 6.07) is 22.3. The van der Waals surface area contributed by atoms with E-state index in [1.807, 2.05) is 61.6 Å². The van der Waals surface area contributed by atoms with Crippen molar-refractivity contribution in [1.82, 2.24) is 4.90 Å². The number of nitrogens with one attached hydrogen (secondary N) is 1. The first kappa shape index (κ1) is 22.1. The standard InChI is InChI=1S/C29H30N2O3/c1-31(18-19-9-5-4-6-10-19)29(32)24-14-8-13-23-21-11-7-12-22(21)27(30-28(23)24)20-15-16-25(33-2)26(17-20)34-3/h4-11,13-17,21-22,27,30H,12,18H2,1-3H3. The number of amides is 1. The molecule has 174 valence electrons. The number of nitrogens with zero attached hydrogens (tertiary/aromatic N) is 1. The fourth-order valence-corrected chi connectivity index (χ4v) is 5.31. The molecule has 34 heavy (non-hydrogen) atoms. The minimum atomic E-state index is 0.0136. The highest BCUT2D eigenvalue weighted by Crippen LogP contribution is 2.51. The highest BCUT2D eigenvalue weighted by atomic mass is 16.5. The summed E-state index contributed by atoms with van der Waals surface area (Å²) < 4.78 is 11.0. The maximum atomic E-state index is 13.6. The molecule has 3 atom stereocenters. The fraction of sp³-hybridized carbons (Fsp3) is 0.276. The Morgan fingerprint density at radius 3 is 2.56 bits per heavy atom. The number of allylic oxidation sites excluding steroid dienone is 2. The average Bonchev–Trinajstić information content (AvgIpc) is 3.38. The van der Waals surface area contributed by atoms with E-state index in [1.54, 1.807) is 19.1 Å². The molecule has 5 rings (SSSR count). The zero-order valence-electron chi connectivity index (χ0n) is 19.8. The van der Waals surface area contributed by atoms with Gasteiger partial charge in [0.15, 0.2) is 11.5 Å². The number of ether oxygens (including phenoxy) is 2. The van der Waals surface area contributed by atoms with Gasteiger partial charge in [-0.3, -0.25) is 4.79 Å². The van der Waals surface area contributed by atoms with Crippen LogP contribution in [0.4, 0.5) is 5.69 Å². The summed E-state index contributed by atoms with van der Waals surface area (Å²) in [4.78, 5) is 15.4. The molecule has 3 aromatic carbocycles. The average molecular weight is 455 g/mol. The molecule has 3 aromatic rings. The molecule has 0 spiro atoms. The van der Waals surface area contributed by atoms with Crippen molar-refractivity contribution >= 4 is 11.6 Å². The third kappa shape index (κ3) is 3.92. The largest absolute Gasteiger partial charge is 0.493 e. The molecule has 0 saturated heterocycles. The molecule has 0 bridgehead atoms. The predicted octanol–water partition coefficient (Wildman–Crippen LogP) is 5.80. The Balaban J connectivity index is 1.50. The molecule has 0 fully saturated rings. The fourth-order valence-electron chi connectivity index (χ4n) is 5.31. The number of carbonyl (C=O) groups excluding carboxylic acids is 1. The third-order valence-corrected chi connectivity index (χ3v) is 7.00. The van der Waals surface area contributed by atoms with E-state index < -0.39 is 0 Å². The summed E-state index contributed by atoms with van der Waals surface area (Å²) in [5.41, 5.74) is 5.06. The van der Waals surface area contributed by atoms with Gasteiger partial charge in [0.05, 0.1) is 31.5 Å². The van der Waals surface area contributed by atoms with E-state index >= 15 is 0 Å². The van der Waals surface area contributed by atoms with E-state index in [1.165, 1.54) is 5.56 Å². The van der Waals surface area contributed by atoms with Crippen LogP contribution in [0.25, 0.3) is 0 Å². The molecule has 0 aromatic heterocycles. The molecular weight excluding hydrogens is 424 g/mol. The van der Waals surface area contributed by atoms with Crippen LogP contribution in [0.15, 0.2) is 78.9 Å². The lowest BCUT2D eigenvalue weighted by atomic mass is 9.76. The minimum Gasteiger partial charge on any atom is -0.493 e. The number of carbonyl (C=O) groups is 1. The van der Waals surface area contributed by atoms with Gasteiger partial charge in [-0.2, -0.15) is 0 Å². The molecule has 1 N–H and O–H groups in total. The summed E-state index contributed by atoms with van der Waals surface area (Å²) in [5.74, 6) is 2.07. The van der Waals surface area contributed by atoms with Crippen LogP contribution >= 0.6 is 0 Å². The molecule has 1 heterocycles. The van der Waals surface area contributed by atoms with Crippen molar-refractivity contribution in [1.29, 1.82) is 0 Å². The number of hydrogen-bond donors (Lipinski definition) is 1. The van der Waals surface area contributed by atoms with Crippen LogP contribution in [-0.4, -0.2) is 32.1 Å². The lowest BCUT2D eigenvalue weighted by Crippen LogP contribution is -2.32. The van der Waals surface area contributed by atoms with Gasteiger partial charge in [-0.15, -0.1) is 0 Å². The Morgan fingerprint density at radius 2 is 1.79 bits per heavy atom. The topological polar surface area (TPSA) is 50.8 Å². The van der Waals surface area contributed by atoms with Crippen molar-refractivity contribution in [3.8, 4) is 11.5 Å². The van der Waals surface area contributed by atoms with Crippen molar-refractivity contribution in [3.63, 3.8) is 0 Å². The van der Waals surface area contributed by atoms with E-state index in [0.717, 1.165) is 23.2 Å². The van der Waals surface area contributed by atoms with Crippen LogP contribution in [-0.2, 0) is 6.54 Å². The molecular formula is C29H30N2O3. The minimum absolute atomic E-state index is 0.0136. The first-order valence-electron chi connectivity index (χ1n) is 11.7. The molecule has 1 aliphatic carbocycles. The van der Waals surface area contributed by atoms with Crippen molar-refractivity contribution in [3.05, 3.63) is 101 Å². The lowest BCUT2D eigenvalue weighted by molar-refractivity contribution is 0.0785. The van der Waals surface area contributed by atoms with Crippen molar-refractivity contribution in [2.75, 3.05) is 26.6 Å². The molecule has 1 amide bonds. The van der Waals surface area contributed by atoms with Crippen LogP contribution in [0.3, 0.4) is 0 Å².